The fourth-order valence-corrected chi connectivity index (χ4v) is 3.44. The molecule has 4 heteroatoms. The van der Waals surface area contributed by atoms with Gasteiger partial charge in [0.1, 0.15) is 5.75 Å². The summed E-state index contributed by atoms with van der Waals surface area (Å²) in [4.78, 5) is 2.51. The van der Waals surface area contributed by atoms with Crippen LogP contribution in [0.2, 0.25) is 5.02 Å². The summed E-state index contributed by atoms with van der Waals surface area (Å²) in [5, 5.41) is 4.14. The van der Waals surface area contributed by atoms with E-state index in [2.05, 4.69) is 44.0 Å². The molecule has 0 aliphatic rings. The lowest BCUT2D eigenvalue weighted by Gasteiger charge is -2.46. The summed E-state index contributed by atoms with van der Waals surface area (Å²) in [6.07, 6.45) is 1.06. The van der Waals surface area contributed by atoms with Crippen molar-refractivity contribution in [2.75, 3.05) is 27.2 Å². The Hall–Kier alpha value is -0.770. The van der Waals surface area contributed by atoms with E-state index in [1.807, 2.05) is 19.2 Å². The van der Waals surface area contributed by atoms with Gasteiger partial charge >= 0.3 is 0 Å². The maximum atomic E-state index is 6.15. The van der Waals surface area contributed by atoms with E-state index in [4.69, 9.17) is 16.3 Å². The van der Waals surface area contributed by atoms with Crippen LogP contribution >= 0.6 is 11.6 Å². The van der Waals surface area contributed by atoms with Gasteiger partial charge < -0.3 is 10.1 Å². The molecule has 0 aliphatic heterocycles. The minimum atomic E-state index is 0.0388. The molecule has 0 amide bonds. The summed E-state index contributed by atoms with van der Waals surface area (Å²) >= 11 is 6.15. The number of methoxy groups -OCH3 is 1. The van der Waals surface area contributed by atoms with Gasteiger partial charge in [-0.3, -0.25) is 4.90 Å². The largest absolute Gasteiger partial charge is 0.495 e. The third-order valence-electron chi connectivity index (χ3n) is 4.62. The highest BCUT2D eigenvalue weighted by Crippen LogP contribution is 2.36. The van der Waals surface area contributed by atoms with Crippen LogP contribution in [-0.2, 0) is 0 Å². The Morgan fingerprint density at radius 2 is 1.90 bits per heavy atom. The number of hydrogen-bond donors (Lipinski definition) is 1. The molecule has 0 fully saturated rings. The molecule has 0 heterocycles. The number of likely N-dealkylation sites (N-methyl/N-ethyl adjacent to an activating group) is 2. The van der Waals surface area contributed by atoms with Crippen LogP contribution in [0.25, 0.3) is 0 Å². The molecule has 0 saturated heterocycles. The SMILES string of the molecule is CCN(CC)C(C)(CC)C(NC)c1ccc(Cl)c(OC)c1. The van der Waals surface area contributed by atoms with Crippen molar-refractivity contribution in [1.82, 2.24) is 10.2 Å². The average Bonchev–Trinajstić information content (AvgIpc) is 2.50. The van der Waals surface area contributed by atoms with Gasteiger partial charge in [-0.2, -0.15) is 0 Å². The Labute approximate surface area is 134 Å². The molecule has 1 N–H and O–H groups in total. The van der Waals surface area contributed by atoms with Crippen molar-refractivity contribution < 1.29 is 4.74 Å². The molecule has 3 nitrogen and oxygen atoms in total. The minimum Gasteiger partial charge on any atom is -0.495 e. The number of benzene rings is 1. The van der Waals surface area contributed by atoms with Crippen molar-refractivity contribution in [3.63, 3.8) is 0 Å². The number of ether oxygens (including phenoxy) is 1. The molecule has 120 valence electrons. The highest BCUT2D eigenvalue weighted by molar-refractivity contribution is 6.32. The smallest absolute Gasteiger partial charge is 0.137 e. The number of rotatable bonds is 8. The standard InChI is InChI=1S/C17H29ClN2O/c1-7-17(4,20(8-2)9-3)16(19-5)13-10-11-14(18)15(12-13)21-6/h10-12,16,19H,7-9H2,1-6H3. The van der Waals surface area contributed by atoms with Crippen LogP contribution in [-0.4, -0.2) is 37.7 Å². The highest BCUT2D eigenvalue weighted by Gasteiger charge is 2.37. The summed E-state index contributed by atoms with van der Waals surface area (Å²) < 4.78 is 5.37. The lowest BCUT2D eigenvalue weighted by molar-refractivity contribution is 0.0727. The predicted octanol–water partition coefficient (Wildman–Crippen LogP) is 4.12. The van der Waals surface area contributed by atoms with Gasteiger partial charge in [0.25, 0.3) is 0 Å². The van der Waals surface area contributed by atoms with Crippen molar-refractivity contribution in [2.24, 2.45) is 0 Å². The molecule has 0 radical (unpaired) electrons. The number of hydrogen-bond acceptors (Lipinski definition) is 3. The van der Waals surface area contributed by atoms with Crippen LogP contribution in [0.3, 0.4) is 0 Å². The maximum Gasteiger partial charge on any atom is 0.137 e. The Morgan fingerprint density at radius 3 is 2.33 bits per heavy atom. The highest BCUT2D eigenvalue weighted by atomic mass is 35.5. The van der Waals surface area contributed by atoms with E-state index in [0.29, 0.717) is 5.02 Å². The van der Waals surface area contributed by atoms with E-state index >= 15 is 0 Å². The molecule has 0 bridgehead atoms. The summed E-state index contributed by atoms with van der Waals surface area (Å²) in [6, 6.07) is 6.26. The molecule has 21 heavy (non-hydrogen) atoms. The zero-order valence-electron chi connectivity index (χ0n) is 14.2. The molecule has 0 aromatic heterocycles. The van der Waals surface area contributed by atoms with Gasteiger partial charge in [-0.1, -0.05) is 38.4 Å². The van der Waals surface area contributed by atoms with E-state index in [1.165, 1.54) is 5.56 Å². The molecule has 1 aromatic carbocycles. The zero-order valence-corrected chi connectivity index (χ0v) is 14.9. The van der Waals surface area contributed by atoms with Crippen molar-refractivity contribution in [3.05, 3.63) is 28.8 Å². The predicted molar refractivity (Wildman–Crippen MR) is 91.4 cm³/mol. The number of halogens is 1. The second-order valence-corrected chi connectivity index (χ2v) is 5.91. The maximum absolute atomic E-state index is 6.15. The number of nitrogens with zero attached hydrogens (tertiary/aromatic N) is 1. The lowest BCUT2D eigenvalue weighted by Crippen LogP contribution is -2.53. The van der Waals surface area contributed by atoms with E-state index in [0.717, 1.165) is 25.3 Å². The molecule has 1 rings (SSSR count). The quantitative estimate of drug-likeness (QED) is 0.781. The molecular weight excluding hydrogens is 284 g/mol. The van der Waals surface area contributed by atoms with Crippen molar-refractivity contribution in [2.45, 2.75) is 45.7 Å². The zero-order chi connectivity index (χ0) is 16.0. The Morgan fingerprint density at radius 1 is 1.29 bits per heavy atom. The third-order valence-corrected chi connectivity index (χ3v) is 4.93. The van der Waals surface area contributed by atoms with Crippen LogP contribution in [0, 0.1) is 0 Å². The molecule has 0 aliphatic carbocycles. The van der Waals surface area contributed by atoms with E-state index < -0.39 is 0 Å². The summed E-state index contributed by atoms with van der Waals surface area (Å²) in [7, 11) is 3.67. The Kier molecular flexibility index (Phi) is 6.98. The van der Waals surface area contributed by atoms with Gasteiger partial charge in [-0.05, 0) is 51.2 Å². The van der Waals surface area contributed by atoms with Gasteiger partial charge in [0, 0.05) is 5.54 Å². The van der Waals surface area contributed by atoms with Gasteiger partial charge in [0.2, 0.25) is 0 Å². The number of nitrogens with one attached hydrogen (secondary N) is 1. The van der Waals surface area contributed by atoms with Crippen LogP contribution in [0.15, 0.2) is 18.2 Å². The summed E-state index contributed by atoms with van der Waals surface area (Å²) in [6.45, 7) is 11.1. The molecule has 0 spiro atoms. The monoisotopic (exact) mass is 312 g/mol. The second kappa shape index (κ2) is 8.02. The fraction of sp³-hybridized carbons (Fsp3) is 0.647. The van der Waals surface area contributed by atoms with Gasteiger partial charge in [-0.15, -0.1) is 0 Å². The minimum absolute atomic E-state index is 0.0388. The fourth-order valence-electron chi connectivity index (χ4n) is 3.25. The lowest BCUT2D eigenvalue weighted by atomic mass is 9.82. The van der Waals surface area contributed by atoms with Crippen molar-refractivity contribution in [1.29, 1.82) is 0 Å². The van der Waals surface area contributed by atoms with E-state index in [1.54, 1.807) is 7.11 Å². The second-order valence-electron chi connectivity index (χ2n) is 5.50. The molecular formula is C17H29ClN2O. The van der Waals surface area contributed by atoms with Crippen LogP contribution < -0.4 is 10.1 Å². The van der Waals surface area contributed by atoms with E-state index in [-0.39, 0.29) is 11.6 Å². The molecule has 0 saturated carbocycles. The summed E-state index contributed by atoms with van der Waals surface area (Å²) in [5.41, 5.74) is 1.24. The first-order valence-electron chi connectivity index (χ1n) is 7.74. The first kappa shape index (κ1) is 18.3. The van der Waals surface area contributed by atoms with Crippen LogP contribution in [0.4, 0.5) is 0 Å². The first-order valence-corrected chi connectivity index (χ1v) is 8.11. The molecule has 2 unspecified atom stereocenters. The molecule has 1 aromatic rings. The normalized spacial score (nSPS) is 15.8. The Balaban J connectivity index is 3.26. The third kappa shape index (κ3) is 3.71. The Bertz CT molecular complexity index is 448. The average molecular weight is 313 g/mol. The van der Waals surface area contributed by atoms with Crippen LogP contribution in [0.1, 0.15) is 45.7 Å². The summed E-state index contributed by atoms with van der Waals surface area (Å²) in [5.74, 6) is 0.729. The first-order chi connectivity index (χ1) is 9.98. The van der Waals surface area contributed by atoms with Gasteiger partial charge in [0.15, 0.2) is 0 Å². The van der Waals surface area contributed by atoms with E-state index in [9.17, 15) is 0 Å². The van der Waals surface area contributed by atoms with Crippen LogP contribution in [0.5, 0.6) is 5.75 Å². The van der Waals surface area contributed by atoms with Crippen molar-refractivity contribution >= 4 is 11.6 Å². The molecule has 2 atom stereocenters. The van der Waals surface area contributed by atoms with Gasteiger partial charge in [-0.25, -0.2) is 0 Å². The van der Waals surface area contributed by atoms with Crippen molar-refractivity contribution in [3.8, 4) is 5.75 Å². The van der Waals surface area contributed by atoms with Gasteiger partial charge in [0.05, 0.1) is 18.2 Å². The topological polar surface area (TPSA) is 24.5 Å².